The number of likely N-dealkylation sites (N-methyl/N-ethyl adjacent to an activating group) is 1. The SMILES string of the molecule is CCN(C(=O)c1c(N)c(C)nn1CC)C(C)COC. The van der Waals surface area contributed by atoms with Gasteiger partial charge >= 0.3 is 0 Å². The Bertz CT molecular complexity index is 442. The summed E-state index contributed by atoms with van der Waals surface area (Å²) in [4.78, 5) is 14.4. The number of carbonyl (C=O) groups is 1. The van der Waals surface area contributed by atoms with Gasteiger partial charge in [-0.25, -0.2) is 0 Å². The van der Waals surface area contributed by atoms with Crippen LogP contribution in [-0.2, 0) is 11.3 Å². The van der Waals surface area contributed by atoms with Crippen LogP contribution in [0.15, 0.2) is 0 Å². The van der Waals surface area contributed by atoms with E-state index in [9.17, 15) is 4.79 Å². The molecule has 6 nitrogen and oxygen atoms in total. The predicted molar refractivity (Wildman–Crippen MR) is 75.1 cm³/mol. The zero-order valence-electron chi connectivity index (χ0n) is 12.4. The molecule has 1 heterocycles. The number of nitrogen functional groups attached to an aromatic ring is 1. The zero-order valence-corrected chi connectivity index (χ0v) is 12.4. The van der Waals surface area contributed by atoms with E-state index < -0.39 is 0 Å². The number of aryl methyl sites for hydroxylation is 2. The molecule has 0 aromatic carbocycles. The third-order valence-electron chi connectivity index (χ3n) is 3.22. The second kappa shape index (κ2) is 6.56. The van der Waals surface area contributed by atoms with Crippen LogP contribution in [0.5, 0.6) is 0 Å². The fourth-order valence-electron chi connectivity index (χ4n) is 2.17. The highest BCUT2D eigenvalue weighted by atomic mass is 16.5. The minimum Gasteiger partial charge on any atom is -0.395 e. The first-order valence-corrected chi connectivity index (χ1v) is 6.60. The van der Waals surface area contributed by atoms with Crippen LogP contribution in [0.25, 0.3) is 0 Å². The molecule has 6 heteroatoms. The summed E-state index contributed by atoms with van der Waals surface area (Å²) in [6, 6.07) is 0.00223. The van der Waals surface area contributed by atoms with Crippen molar-refractivity contribution < 1.29 is 9.53 Å². The number of aromatic nitrogens is 2. The van der Waals surface area contributed by atoms with Gasteiger partial charge in [-0.05, 0) is 27.7 Å². The summed E-state index contributed by atoms with van der Waals surface area (Å²) in [5.41, 5.74) is 7.62. The summed E-state index contributed by atoms with van der Waals surface area (Å²) < 4.78 is 6.78. The van der Waals surface area contributed by atoms with E-state index in [-0.39, 0.29) is 11.9 Å². The molecule has 0 spiro atoms. The normalized spacial score (nSPS) is 12.5. The number of hydrogen-bond acceptors (Lipinski definition) is 4. The number of nitrogens with zero attached hydrogens (tertiary/aromatic N) is 3. The number of hydrogen-bond donors (Lipinski definition) is 1. The van der Waals surface area contributed by atoms with Crippen LogP contribution < -0.4 is 5.73 Å². The smallest absolute Gasteiger partial charge is 0.274 e. The molecule has 0 saturated heterocycles. The third kappa shape index (κ3) is 3.07. The second-order valence-electron chi connectivity index (χ2n) is 4.56. The summed E-state index contributed by atoms with van der Waals surface area (Å²) >= 11 is 0. The zero-order chi connectivity index (χ0) is 14.6. The lowest BCUT2D eigenvalue weighted by atomic mass is 10.2. The quantitative estimate of drug-likeness (QED) is 0.843. The van der Waals surface area contributed by atoms with Gasteiger partial charge in [-0.15, -0.1) is 0 Å². The number of rotatable bonds is 6. The summed E-state index contributed by atoms with van der Waals surface area (Å²) in [5, 5.41) is 4.28. The molecule has 1 rings (SSSR count). The largest absolute Gasteiger partial charge is 0.395 e. The van der Waals surface area contributed by atoms with Gasteiger partial charge in [0.1, 0.15) is 5.69 Å². The Labute approximate surface area is 114 Å². The van der Waals surface area contributed by atoms with Crippen LogP contribution in [0.1, 0.15) is 37.0 Å². The van der Waals surface area contributed by atoms with E-state index in [0.717, 1.165) is 0 Å². The van der Waals surface area contributed by atoms with Crippen LogP contribution >= 0.6 is 0 Å². The molecule has 2 N–H and O–H groups in total. The summed E-state index contributed by atoms with van der Waals surface area (Å²) in [5.74, 6) is -0.0907. The lowest BCUT2D eigenvalue weighted by molar-refractivity contribution is 0.0568. The molecule has 1 amide bonds. The van der Waals surface area contributed by atoms with Gasteiger partial charge in [0.25, 0.3) is 5.91 Å². The Hall–Kier alpha value is -1.56. The fraction of sp³-hybridized carbons (Fsp3) is 0.692. The fourth-order valence-corrected chi connectivity index (χ4v) is 2.17. The highest BCUT2D eigenvalue weighted by Crippen LogP contribution is 2.19. The van der Waals surface area contributed by atoms with Gasteiger partial charge in [-0.1, -0.05) is 0 Å². The van der Waals surface area contributed by atoms with Crippen LogP contribution in [0, 0.1) is 6.92 Å². The van der Waals surface area contributed by atoms with Crippen molar-refractivity contribution in [2.75, 3.05) is 26.0 Å². The maximum Gasteiger partial charge on any atom is 0.274 e. The summed E-state index contributed by atoms with van der Waals surface area (Å²) in [7, 11) is 1.63. The van der Waals surface area contributed by atoms with E-state index in [0.29, 0.717) is 36.8 Å². The Morgan fingerprint density at radius 2 is 2.16 bits per heavy atom. The van der Waals surface area contributed by atoms with Crippen LogP contribution in [0.3, 0.4) is 0 Å². The van der Waals surface area contributed by atoms with Crippen molar-refractivity contribution in [3.63, 3.8) is 0 Å². The first-order chi connectivity index (χ1) is 8.97. The Kier molecular flexibility index (Phi) is 5.35. The van der Waals surface area contributed by atoms with Crippen molar-refractivity contribution in [2.45, 2.75) is 40.3 Å². The van der Waals surface area contributed by atoms with E-state index in [1.165, 1.54) is 0 Å². The van der Waals surface area contributed by atoms with Crippen LogP contribution in [0.4, 0.5) is 5.69 Å². The lowest BCUT2D eigenvalue weighted by Crippen LogP contribution is -2.42. The third-order valence-corrected chi connectivity index (χ3v) is 3.22. The number of ether oxygens (including phenoxy) is 1. The van der Waals surface area contributed by atoms with Gasteiger partial charge in [0.2, 0.25) is 0 Å². The first-order valence-electron chi connectivity index (χ1n) is 6.60. The predicted octanol–water partition coefficient (Wildman–Crippen LogP) is 1.29. The molecule has 0 aliphatic rings. The van der Waals surface area contributed by atoms with Crippen molar-refractivity contribution in [3.05, 3.63) is 11.4 Å². The van der Waals surface area contributed by atoms with Gasteiger partial charge in [-0.2, -0.15) is 5.10 Å². The molecular weight excluding hydrogens is 244 g/mol. The maximum absolute atomic E-state index is 12.6. The number of carbonyl (C=O) groups excluding carboxylic acids is 1. The molecule has 0 bridgehead atoms. The molecule has 0 saturated carbocycles. The molecule has 0 aliphatic heterocycles. The Balaban J connectivity index is 3.10. The van der Waals surface area contributed by atoms with Crippen LogP contribution in [0.2, 0.25) is 0 Å². The van der Waals surface area contributed by atoms with Crippen molar-refractivity contribution in [3.8, 4) is 0 Å². The lowest BCUT2D eigenvalue weighted by Gasteiger charge is -2.27. The molecule has 1 unspecified atom stereocenters. The molecule has 1 aromatic heterocycles. The molecule has 1 aromatic rings. The molecule has 19 heavy (non-hydrogen) atoms. The van der Waals surface area contributed by atoms with Crippen molar-refractivity contribution in [1.29, 1.82) is 0 Å². The van der Waals surface area contributed by atoms with Crippen molar-refractivity contribution in [2.24, 2.45) is 0 Å². The van der Waals surface area contributed by atoms with E-state index in [1.807, 2.05) is 27.7 Å². The van der Waals surface area contributed by atoms with E-state index in [4.69, 9.17) is 10.5 Å². The first kappa shape index (κ1) is 15.5. The van der Waals surface area contributed by atoms with Crippen LogP contribution in [-0.4, -0.2) is 46.9 Å². The molecular formula is C13H24N4O2. The van der Waals surface area contributed by atoms with Gasteiger partial charge in [0.15, 0.2) is 0 Å². The van der Waals surface area contributed by atoms with Gasteiger partial charge in [0.05, 0.1) is 24.0 Å². The van der Waals surface area contributed by atoms with E-state index >= 15 is 0 Å². The van der Waals surface area contributed by atoms with Gasteiger partial charge in [0, 0.05) is 20.2 Å². The second-order valence-corrected chi connectivity index (χ2v) is 4.56. The molecule has 0 radical (unpaired) electrons. The van der Waals surface area contributed by atoms with E-state index in [1.54, 1.807) is 16.7 Å². The van der Waals surface area contributed by atoms with Crippen molar-refractivity contribution >= 4 is 11.6 Å². The van der Waals surface area contributed by atoms with E-state index in [2.05, 4.69) is 5.10 Å². The average Bonchev–Trinajstić information content (AvgIpc) is 2.66. The molecule has 1 atom stereocenters. The number of amides is 1. The molecule has 108 valence electrons. The van der Waals surface area contributed by atoms with Gasteiger partial charge < -0.3 is 15.4 Å². The van der Waals surface area contributed by atoms with Gasteiger partial charge in [-0.3, -0.25) is 9.48 Å². The minimum absolute atomic E-state index is 0.00223. The molecule has 0 fully saturated rings. The number of anilines is 1. The topological polar surface area (TPSA) is 73.4 Å². The minimum atomic E-state index is -0.0907. The summed E-state index contributed by atoms with van der Waals surface area (Å²) in [6.07, 6.45) is 0. The Morgan fingerprint density at radius 1 is 1.53 bits per heavy atom. The number of methoxy groups -OCH3 is 1. The number of nitrogens with two attached hydrogens (primary N) is 1. The highest BCUT2D eigenvalue weighted by Gasteiger charge is 2.26. The summed E-state index contributed by atoms with van der Waals surface area (Å²) in [6.45, 7) is 9.38. The monoisotopic (exact) mass is 268 g/mol. The maximum atomic E-state index is 12.6. The highest BCUT2D eigenvalue weighted by molar-refractivity contribution is 5.98. The standard InChI is InChI=1S/C13H24N4O2/c1-6-16(9(3)8-19-5)13(18)12-11(14)10(4)15-17(12)7-2/h9H,6-8,14H2,1-5H3. The molecule has 0 aliphatic carbocycles. The average molecular weight is 268 g/mol. The van der Waals surface area contributed by atoms with Crippen molar-refractivity contribution in [1.82, 2.24) is 14.7 Å². The Morgan fingerprint density at radius 3 is 2.63 bits per heavy atom.